The van der Waals surface area contributed by atoms with Crippen molar-refractivity contribution in [3.63, 3.8) is 0 Å². The molecule has 0 unspecified atom stereocenters. The third kappa shape index (κ3) is 3.55. The van der Waals surface area contributed by atoms with Crippen LogP contribution in [0.2, 0.25) is 5.02 Å². The van der Waals surface area contributed by atoms with Crippen LogP contribution in [0.5, 0.6) is 0 Å². The van der Waals surface area contributed by atoms with Crippen LogP contribution in [0.4, 0.5) is 0 Å². The highest BCUT2D eigenvalue weighted by Gasteiger charge is 2.12. The summed E-state index contributed by atoms with van der Waals surface area (Å²) in [4.78, 5) is 25.5. The molecule has 0 amide bonds. The summed E-state index contributed by atoms with van der Waals surface area (Å²) in [7, 11) is 3.89. The highest BCUT2D eigenvalue weighted by Crippen LogP contribution is 2.23. The zero-order valence-corrected chi connectivity index (χ0v) is 13.2. The van der Waals surface area contributed by atoms with Crippen LogP contribution in [0.1, 0.15) is 10.4 Å². The molecule has 0 bridgehead atoms. The Morgan fingerprint density at radius 2 is 2.05 bits per heavy atom. The van der Waals surface area contributed by atoms with Crippen molar-refractivity contribution in [3.05, 3.63) is 57.5 Å². The molecule has 6 heteroatoms. The van der Waals surface area contributed by atoms with Gasteiger partial charge in [0, 0.05) is 24.8 Å². The fourth-order valence-corrected chi connectivity index (χ4v) is 2.36. The van der Waals surface area contributed by atoms with Gasteiger partial charge in [0.2, 0.25) is 0 Å². The maximum Gasteiger partial charge on any atom is 0.337 e. The first-order valence-corrected chi connectivity index (χ1v) is 7.15. The van der Waals surface area contributed by atoms with Crippen molar-refractivity contribution in [2.75, 3.05) is 20.6 Å². The van der Waals surface area contributed by atoms with E-state index in [1.54, 1.807) is 29.0 Å². The van der Waals surface area contributed by atoms with Gasteiger partial charge in [-0.3, -0.25) is 4.79 Å². The Labute approximate surface area is 133 Å². The number of hydrogen-bond donors (Lipinski definition) is 1. The van der Waals surface area contributed by atoms with Gasteiger partial charge in [0.25, 0.3) is 5.56 Å². The number of carboxylic acid groups (broad SMARTS) is 1. The Morgan fingerprint density at radius 3 is 2.64 bits per heavy atom. The van der Waals surface area contributed by atoms with E-state index in [1.165, 1.54) is 12.1 Å². The van der Waals surface area contributed by atoms with E-state index in [9.17, 15) is 9.59 Å². The number of carboxylic acids is 1. The van der Waals surface area contributed by atoms with Crippen LogP contribution in [0.25, 0.3) is 11.1 Å². The zero-order chi connectivity index (χ0) is 16.3. The molecule has 0 spiro atoms. The topological polar surface area (TPSA) is 62.5 Å². The van der Waals surface area contributed by atoms with Crippen molar-refractivity contribution in [3.8, 4) is 11.1 Å². The van der Waals surface area contributed by atoms with Gasteiger partial charge in [0.05, 0.1) is 10.6 Å². The summed E-state index contributed by atoms with van der Waals surface area (Å²) >= 11 is 5.97. The van der Waals surface area contributed by atoms with Gasteiger partial charge in [0.15, 0.2) is 0 Å². The number of aromatic carboxylic acids is 1. The normalized spacial score (nSPS) is 10.9. The molecule has 1 aromatic carbocycles. The first-order chi connectivity index (χ1) is 10.4. The first kappa shape index (κ1) is 16.3. The fourth-order valence-electron chi connectivity index (χ4n) is 2.10. The van der Waals surface area contributed by atoms with Gasteiger partial charge in [-0.1, -0.05) is 17.7 Å². The fraction of sp³-hybridized carbons (Fsp3) is 0.250. The lowest BCUT2D eigenvalue weighted by atomic mass is 10.1. The van der Waals surface area contributed by atoms with Gasteiger partial charge in [-0.15, -0.1) is 0 Å². The molecular formula is C16H17ClN2O3. The summed E-state index contributed by atoms with van der Waals surface area (Å²) in [6, 6.07) is 8.03. The van der Waals surface area contributed by atoms with Crippen molar-refractivity contribution in [2.45, 2.75) is 6.54 Å². The van der Waals surface area contributed by atoms with Gasteiger partial charge < -0.3 is 14.6 Å². The number of aromatic nitrogens is 1. The molecule has 1 heterocycles. The lowest BCUT2D eigenvalue weighted by molar-refractivity contribution is 0.0697. The maximum absolute atomic E-state index is 12.5. The lowest BCUT2D eigenvalue weighted by Crippen LogP contribution is -2.26. The molecule has 0 fully saturated rings. The van der Waals surface area contributed by atoms with Crippen molar-refractivity contribution in [2.24, 2.45) is 0 Å². The third-order valence-electron chi connectivity index (χ3n) is 3.32. The highest BCUT2D eigenvalue weighted by atomic mass is 35.5. The van der Waals surface area contributed by atoms with E-state index < -0.39 is 5.97 Å². The quantitative estimate of drug-likeness (QED) is 0.919. The molecular weight excluding hydrogens is 304 g/mol. The summed E-state index contributed by atoms with van der Waals surface area (Å²) in [6.45, 7) is 1.34. The molecule has 0 aliphatic carbocycles. The average molecular weight is 321 g/mol. The van der Waals surface area contributed by atoms with Crippen LogP contribution in [0.3, 0.4) is 0 Å². The van der Waals surface area contributed by atoms with E-state index in [0.717, 1.165) is 6.54 Å². The third-order valence-corrected chi connectivity index (χ3v) is 3.63. The molecule has 0 atom stereocenters. The number of pyridine rings is 1. The Morgan fingerprint density at radius 1 is 1.32 bits per heavy atom. The van der Waals surface area contributed by atoms with Crippen LogP contribution in [-0.2, 0) is 6.54 Å². The Balaban J connectivity index is 2.41. The van der Waals surface area contributed by atoms with Crippen LogP contribution in [0, 0.1) is 0 Å². The number of likely N-dealkylation sites (N-methyl/N-ethyl adjacent to an activating group) is 1. The molecule has 116 valence electrons. The number of carbonyl (C=O) groups is 1. The van der Waals surface area contributed by atoms with E-state index in [1.807, 2.05) is 19.0 Å². The van der Waals surface area contributed by atoms with Crippen molar-refractivity contribution < 1.29 is 9.90 Å². The van der Waals surface area contributed by atoms with Gasteiger partial charge in [0.1, 0.15) is 0 Å². The predicted molar refractivity (Wildman–Crippen MR) is 86.7 cm³/mol. The lowest BCUT2D eigenvalue weighted by Gasteiger charge is -2.12. The molecule has 2 aromatic rings. The number of rotatable bonds is 5. The highest BCUT2D eigenvalue weighted by molar-refractivity contribution is 6.33. The van der Waals surface area contributed by atoms with E-state index >= 15 is 0 Å². The molecule has 0 aliphatic heterocycles. The average Bonchev–Trinajstić information content (AvgIpc) is 2.45. The van der Waals surface area contributed by atoms with Gasteiger partial charge in [-0.25, -0.2) is 4.79 Å². The predicted octanol–water partition coefficient (Wildman–Crippen LogP) is 2.43. The summed E-state index contributed by atoms with van der Waals surface area (Å²) in [5.74, 6) is -1.09. The smallest absolute Gasteiger partial charge is 0.337 e. The Kier molecular flexibility index (Phi) is 5.00. The standard InChI is InChI=1S/C16H17ClN2O3/c1-18(2)8-9-19-7-3-4-12(15(19)20)11-5-6-13(16(21)22)14(17)10-11/h3-7,10H,8-9H2,1-2H3,(H,21,22). The second-order valence-corrected chi connectivity index (χ2v) is 5.63. The van der Waals surface area contributed by atoms with Crippen molar-refractivity contribution >= 4 is 17.6 Å². The number of hydrogen-bond acceptors (Lipinski definition) is 3. The molecule has 1 aromatic heterocycles. The molecule has 2 rings (SSSR count). The maximum atomic E-state index is 12.5. The summed E-state index contributed by atoms with van der Waals surface area (Å²) in [5.41, 5.74) is 1.01. The Hall–Kier alpha value is -2.11. The van der Waals surface area contributed by atoms with E-state index in [2.05, 4.69) is 0 Å². The van der Waals surface area contributed by atoms with Gasteiger partial charge in [-0.2, -0.15) is 0 Å². The molecule has 0 radical (unpaired) electrons. The number of nitrogens with zero attached hydrogens (tertiary/aromatic N) is 2. The largest absolute Gasteiger partial charge is 0.478 e. The summed E-state index contributed by atoms with van der Waals surface area (Å²) < 4.78 is 1.63. The molecule has 5 nitrogen and oxygen atoms in total. The molecule has 0 saturated carbocycles. The molecule has 1 N–H and O–H groups in total. The summed E-state index contributed by atoms with van der Waals surface area (Å²) in [5, 5.41) is 9.11. The summed E-state index contributed by atoms with van der Waals surface area (Å²) in [6.07, 6.45) is 1.74. The van der Waals surface area contributed by atoms with E-state index in [0.29, 0.717) is 17.7 Å². The van der Waals surface area contributed by atoms with Crippen LogP contribution >= 0.6 is 11.6 Å². The molecule has 0 aliphatic rings. The second kappa shape index (κ2) is 6.77. The van der Waals surface area contributed by atoms with Gasteiger partial charge >= 0.3 is 5.97 Å². The van der Waals surface area contributed by atoms with E-state index in [4.69, 9.17) is 16.7 Å². The van der Waals surface area contributed by atoms with Gasteiger partial charge in [-0.05, 0) is 43.9 Å². The minimum atomic E-state index is -1.09. The van der Waals surface area contributed by atoms with E-state index in [-0.39, 0.29) is 16.1 Å². The molecule has 0 saturated heterocycles. The van der Waals surface area contributed by atoms with Crippen molar-refractivity contribution in [1.29, 1.82) is 0 Å². The number of benzene rings is 1. The van der Waals surface area contributed by atoms with Crippen LogP contribution in [-0.4, -0.2) is 41.2 Å². The SMILES string of the molecule is CN(C)CCn1cccc(-c2ccc(C(=O)O)c(Cl)c2)c1=O. The minimum Gasteiger partial charge on any atom is -0.478 e. The second-order valence-electron chi connectivity index (χ2n) is 5.22. The molecule has 22 heavy (non-hydrogen) atoms. The Bertz CT molecular complexity index is 753. The first-order valence-electron chi connectivity index (χ1n) is 6.77. The van der Waals surface area contributed by atoms with Crippen LogP contribution in [0.15, 0.2) is 41.3 Å². The zero-order valence-electron chi connectivity index (χ0n) is 12.4. The number of halogens is 1. The van der Waals surface area contributed by atoms with Crippen molar-refractivity contribution in [1.82, 2.24) is 9.47 Å². The van der Waals surface area contributed by atoms with Crippen LogP contribution < -0.4 is 5.56 Å². The monoisotopic (exact) mass is 320 g/mol. The minimum absolute atomic E-state index is 0.0225.